The minimum Gasteiger partial charge on any atom is -0.465 e. The lowest BCUT2D eigenvalue weighted by Crippen LogP contribution is -2.20. The van der Waals surface area contributed by atoms with Crippen LogP contribution in [0.3, 0.4) is 0 Å². The highest BCUT2D eigenvalue weighted by atomic mass is 32.2. The molecule has 22 heavy (non-hydrogen) atoms. The number of nitrogens with zero attached hydrogens (tertiary/aromatic N) is 1. The third kappa shape index (κ3) is 3.69. The van der Waals surface area contributed by atoms with Crippen molar-refractivity contribution in [2.75, 3.05) is 6.61 Å². The summed E-state index contributed by atoms with van der Waals surface area (Å²) >= 11 is 1.63. The van der Waals surface area contributed by atoms with Crippen LogP contribution in [0.2, 0.25) is 0 Å². The maximum absolute atomic E-state index is 12.2. The summed E-state index contributed by atoms with van der Waals surface area (Å²) in [6.07, 6.45) is 6.12. The molecule has 2 aromatic rings. The van der Waals surface area contributed by atoms with Gasteiger partial charge in [0.25, 0.3) is 0 Å². The number of esters is 1. The van der Waals surface area contributed by atoms with Gasteiger partial charge in [-0.05, 0) is 49.4 Å². The average Bonchev–Trinajstić information content (AvgIpc) is 2.95. The zero-order valence-corrected chi connectivity index (χ0v) is 13.4. The predicted octanol–water partition coefficient (Wildman–Crippen LogP) is 3.58. The SMILES string of the molecule is Cc1ccc2c(c1)SC(C(=O)OCCCc1cccnc1)C2. The van der Waals surface area contributed by atoms with E-state index in [4.69, 9.17) is 4.74 Å². The third-order valence-electron chi connectivity index (χ3n) is 3.74. The molecule has 3 nitrogen and oxygen atoms in total. The van der Waals surface area contributed by atoms with Gasteiger partial charge < -0.3 is 4.74 Å². The molecule has 0 fully saturated rings. The number of pyridine rings is 1. The van der Waals surface area contributed by atoms with Crippen molar-refractivity contribution in [1.29, 1.82) is 0 Å². The van der Waals surface area contributed by atoms with Crippen LogP contribution in [-0.2, 0) is 22.4 Å². The molecule has 114 valence electrons. The van der Waals surface area contributed by atoms with Crippen LogP contribution >= 0.6 is 11.8 Å². The molecule has 0 saturated carbocycles. The van der Waals surface area contributed by atoms with Crippen LogP contribution in [0.1, 0.15) is 23.1 Å². The Kier molecular flexibility index (Phi) is 4.78. The molecule has 3 rings (SSSR count). The first-order valence-electron chi connectivity index (χ1n) is 7.54. The zero-order valence-electron chi connectivity index (χ0n) is 12.6. The molecular weight excluding hydrogens is 294 g/mol. The fourth-order valence-electron chi connectivity index (χ4n) is 2.55. The van der Waals surface area contributed by atoms with Crippen molar-refractivity contribution < 1.29 is 9.53 Å². The maximum atomic E-state index is 12.2. The van der Waals surface area contributed by atoms with E-state index in [0.717, 1.165) is 19.3 Å². The number of ether oxygens (including phenoxy) is 1. The predicted molar refractivity (Wildman–Crippen MR) is 88.0 cm³/mol. The second kappa shape index (κ2) is 6.97. The van der Waals surface area contributed by atoms with Gasteiger partial charge in [-0.15, -0.1) is 11.8 Å². The van der Waals surface area contributed by atoms with Crippen LogP contribution in [0.5, 0.6) is 0 Å². The third-order valence-corrected chi connectivity index (χ3v) is 5.01. The van der Waals surface area contributed by atoms with Gasteiger partial charge in [-0.2, -0.15) is 0 Å². The summed E-state index contributed by atoms with van der Waals surface area (Å²) in [5.74, 6) is -0.0926. The largest absolute Gasteiger partial charge is 0.465 e. The molecule has 0 radical (unpaired) electrons. The van der Waals surface area contributed by atoms with E-state index in [1.165, 1.54) is 21.6 Å². The Morgan fingerprint density at radius 1 is 1.41 bits per heavy atom. The summed E-state index contributed by atoms with van der Waals surface area (Å²) in [7, 11) is 0. The number of thioether (sulfide) groups is 1. The summed E-state index contributed by atoms with van der Waals surface area (Å²) in [6, 6.07) is 10.3. The van der Waals surface area contributed by atoms with Gasteiger partial charge in [0.1, 0.15) is 5.25 Å². The summed E-state index contributed by atoms with van der Waals surface area (Å²) in [5, 5.41) is -0.0878. The topological polar surface area (TPSA) is 39.2 Å². The monoisotopic (exact) mass is 313 g/mol. The van der Waals surface area contributed by atoms with Crippen molar-refractivity contribution in [2.45, 2.75) is 36.3 Å². The number of fused-ring (bicyclic) bond motifs is 1. The molecule has 0 bridgehead atoms. The minimum absolute atomic E-state index is 0.0878. The standard InChI is InChI=1S/C18H19NO2S/c1-13-6-7-15-11-17(22-16(15)10-13)18(20)21-9-3-5-14-4-2-8-19-12-14/h2,4,6-8,10,12,17H,3,5,9,11H2,1H3. The molecule has 0 spiro atoms. The van der Waals surface area contributed by atoms with Gasteiger partial charge in [0.05, 0.1) is 6.61 Å². The molecule has 0 amide bonds. The Balaban J connectivity index is 1.44. The fraction of sp³-hybridized carbons (Fsp3) is 0.333. The summed E-state index contributed by atoms with van der Waals surface area (Å²) < 4.78 is 5.43. The highest BCUT2D eigenvalue weighted by Crippen LogP contribution is 2.38. The van der Waals surface area contributed by atoms with Crippen molar-refractivity contribution in [2.24, 2.45) is 0 Å². The first-order chi connectivity index (χ1) is 10.7. The van der Waals surface area contributed by atoms with E-state index in [2.05, 4.69) is 30.1 Å². The minimum atomic E-state index is -0.0926. The second-order valence-electron chi connectivity index (χ2n) is 5.55. The molecule has 0 saturated heterocycles. The molecule has 1 aromatic carbocycles. The lowest BCUT2D eigenvalue weighted by atomic mass is 10.1. The Labute approximate surface area is 135 Å². The molecular formula is C18H19NO2S. The molecule has 1 aliphatic heterocycles. The molecule has 0 aliphatic carbocycles. The fourth-order valence-corrected chi connectivity index (χ4v) is 3.84. The number of aromatic nitrogens is 1. The van der Waals surface area contributed by atoms with Gasteiger partial charge in [-0.3, -0.25) is 9.78 Å². The lowest BCUT2D eigenvalue weighted by Gasteiger charge is -2.09. The van der Waals surface area contributed by atoms with Crippen LogP contribution in [0.25, 0.3) is 0 Å². The number of hydrogen-bond acceptors (Lipinski definition) is 4. The Bertz CT molecular complexity index is 657. The van der Waals surface area contributed by atoms with Crippen molar-refractivity contribution in [3.63, 3.8) is 0 Å². The Morgan fingerprint density at radius 3 is 3.14 bits per heavy atom. The quantitative estimate of drug-likeness (QED) is 0.625. The first-order valence-corrected chi connectivity index (χ1v) is 8.42. The average molecular weight is 313 g/mol. The van der Waals surface area contributed by atoms with E-state index < -0.39 is 0 Å². The van der Waals surface area contributed by atoms with Crippen LogP contribution in [0.4, 0.5) is 0 Å². The van der Waals surface area contributed by atoms with Gasteiger partial charge in [0, 0.05) is 17.3 Å². The lowest BCUT2D eigenvalue weighted by molar-refractivity contribution is -0.143. The first kappa shape index (κ1) is 15.1. The van der Waals surface area contributed by atoms with Crippen molar-refractivity contribution in [3.05, 3.63) is 59.4 Å². The van der Waals surface area contributed by atoms with Gasteiger partial charge in [0.15, 0.2) is 0 Å². The maximum Gasteiger partial charge on any atom is 0.319 e. The zero-order chi connectivity index (χ0) is 15.4. The number of rotatable bonds is 5. The number of benzene rings is 1. The van der Waals surface area contributed by atoms with E-state index >= 15 is 0 Å². The van der Waals surface area contributed by atoms with Crippen molar-refractivity contribution in [1.82, 2.24) is 4.98 Å². The van der Waals surface area contributed by atoms with Gasteiger partial charge in [-0.25, -0.2) is 0 Å². The Hall–Kier alpha value is -1.81. The van der Waals surface area contributed by atoms with Crippen LogP contribution in [-0.4, -0.2) is 22.8 Å². The van der Waals surface area contributed by atoms with Crippen LogP contribution in [0, 0.1) is 6.92 Å². The number of carbonyl (C=O) groups excluding carboxylic acids is 1. The smallest absolute Gasteiger partial charge is 0.319 e. The molecule has 2 heterocycles. The normalized spacial score (nSPS) is 16.3. The van der Waals surface area contributed by atoms with E-state index in [1.807, 2.05) is 18.3 Å². The number of aryl methyl sites for hydroxylation is 2. The summed E-state index contributed by atoms with van der Waals surface area (Å²) in [4.78, 5) is 17.5. The van der Waals surface area contributed by atoms with Gasteiger partial charge in [-0.1, -0.05) is 23.8 Å². The van der Waals surface area contributed by atoms with Gasteiger partial charge in [0.2, 0.25) is 0 Å². The number of carbonyl (C=O) groups is 1. The summed E-state index contributed by atoms with van der Waals surface area (Å²) in [6.45, 7) is 2.55. The van der Waals surface area contributed by atoms with Crippen molar-refractivity contribution in [3.8, 4) is 0 Å². The molecule has 4 heteroatoms. The molecule has 0 N–H and O–H groups in total. The van der Waals surface area contributed by atoms with E-state index in [0.29, 0.717) is 6.61 Å². The highest BCUT2D eigenvalue weighted by Gasteiger charge is 2.29. The highest BCUT2D eigenvalue weighted by molar-refractivity contribution is 8.01. The molecule has 1 unspecified atom stereocenters. The van der Waals surface area contributed by atoms with Gasteiger partial charge >= 0.3 is 5.97 Å². The van der Waals surface area contributed by atoms with E-state index in [-0.39, 0.29) is 11.2 Å². The molecule has 1 aromatic heterocycles. The van der Waals surface area contributed by atoms with E-state index in [1.54, 1.807) is 18.0 Å². The summed E-state index contributed by atoms with van der Waals surface area (Å²) in [5.41, 5.74) is 3.67. The van der Waals surface area contributed by atoms with Crippen LogP contribution < -0.4 is 0 Å². The molecule has 1 atom stereocenters. The second-order valence-corrected chi connectivity index (χ2v) is 6.80. The van der Waals surface area contributed by atoms with Crippen LogP contribution in [0.15, 0.2) is 47.6 Å². The number of hydrogen-bond donors (Lipinski definition) is 0. The Morgan fingerprint density at radius 2 is 2.32 bits per heavy atom. The molecule has 1 aliphatic rings. The van der Waals surface area contributed by atoms with E-state index in [9.17, 15) is 4.79 Å². The van der Waals surface area contributed by atoms with Crippen molar-refractivity contribution >= 4 is 17.7 Å².